The maximum absolute atomic E-state index is 11.3. The van der Waals surface area contributed by atoms with Crippen LogP contribution in [0.1, 0.15) is 26.2 Å². The number of nitrogens with two attached hydrogens (primary N) is 1. The van der Waals surface area contributed by atoms with Crippen LogP contribution < -0.4 is 11.1 Å². The molecular formula is C9H18N2O2. The fraction of sp³-hybridized carbons (Fsp3) is 0.889. The standard InChI is InChI=1S/C9H18N2O2/c1-7(10)6-9(12)11-8-2-4-13-5-3-8/h7-8H,2-6,10H2,1H3,(H,11,12). The lowest BCUT2D eigenvalue weighted by Crippen LogP contribution is -2.40. The van der Waals surface area contributed by atoms with Crippen molar-refractivity contribution in [2.75, 3.05) is 13.2 Å². The highest BCUT2D eigenvalue weighted by molar-refractivity contribution is 5.76. The molecule has 13 heavy (non-hydrogen) atoms. The number of rotatable bonds is 3. The van der Waals surface area contributed by atoms with E-state index < -0.39 is 0 Å². The van der Waals surface area contributed by atoms with Crippen molar-refractivity contribution in [2.45, 2.75) is 38.3 Å². The zero-order chi connectivity index (χ0) is 9.68. The van der Waals surface area contributed by atoms with Crippen LogP contribution in [-0.4, -0.2) is 31.2 Å². The number of carbonyl (C=O) groups excluding carboxylic acids is 1. The number of carbonyl (C=O) groups is 1. The molecular weight excluding hydrogens is 168 g/mol. The quantitative estimate of drug-likeness (QED) is 0.653. The van der Waals surface area contributed by atoms with Crippen LogP contribution >= 0.6 is 0 Å². The van der Waals surface area contributed by atoms with Crippen LogP contribution in [0.3, 0.4) is 0 Å². The summed E-state index contributed by atoms with van der Waals surface area (Å²) < 4.78 is 5.19. The van der Waals surface area contributed by atoms with Gasteiger partial charge in [0.15, 0.2) is 0 Å². The van der Waals surface area contributed by atoms with Gasteiger partial charge in [-0.05, 0) is 19.8 Å². The molecule has 0 saturated carbocycles. The molecule has 4 nitrogen and oxygen atoms in total. The zero-order valence-electron chi connectivity index (χ0n) is 8.08. The summed E-state index contributed by atoms with van der Waals surface area (Å²) in [6.45, 7) is 3.34. The van der Waals surface area contributed by atoms with Gasteiger partial charge in [-0.1, -0.05) is 0 Å². The van der Waals surface area contributed by atoms with E-state index in [-0.39, 0.29) is 11.9 Å². The first-order valence-electron chi connectivity index (χ1n) is 4.81. The minimum atomic E-state index is -0.0557. The molecule has 76 valence electrons. The molecule has 1 amide bonds. The largest absolute Gasteiger partial charge is 0.381 e. The fourth-order valence-corrected chi connectivity index (χ4v) is 1.42. The molecule has 0 radical (unpaired) electrons. The van der Waals surface area contributed by atoms with Crippen molar-refractivity contribution in [1.29, 1.82) is 0 Å². The summed E-state index contributed by atoms with van der Waals surface area (Å²) in [5.74, 6) is 0.0573. The third-order valence-corrected chi connectivity index (χ3v) is 2.09. The number of hydrogen-bond acceptors (Lipinski definition) is 3. The lowest BCUT2D eigenvalue weighted by atomic mass is 10.1. The van der Waals surface area contributed by atoms with E-state index in [4.69, 9.17) is 10.5 Å². The van der Waals surface area contributed by atoms with Crippen molar-refractivity contribution in [3.05, 3.63) is 0 Å². The second kappa shape index (κ2) is 5.19. The topological polar surface area (TPSA) is 64.4 Å². The Balaban J connectivity index is 2.18. The van der Waals surface area contributed by atoms with E-state index in [1.54, 1.807) is 0 Å². The van der Waals surface area contributed by atoms with Crippen molar-refractivity contribution in [3.63, 3.8) is 0 Å². The lowest BCUT2D eigenvalue weighted by Gasteiger charge is -2.23. The van der Waals surface area contributed by atoms with Gasteiger partial charge in [0.25, 0.3) is 0 Å². The highest BCUT2D eigenvalue weighted by Crippen LogP contribution is 2.06. The number of ether oxygens (including phenoxy) is 1. The average Bonchev–Trinajstić information content (AvgIpc) is 2.04. The summed E-state index contributed by atoms with van der Waals surface area (Å²) in [5.41, 5.74) is 5.51. The summed E-state index contributed by atoms with van der Waals surface area (Å²) in [6, 6.07) is 0.236. The van der Waals surface area contributed by atoms with E-state index in [1.807, 2.05) is 6.92 Å². The van der Waals surface area contributed by atoms with Crippen LogP contribution in [0.25, 0.3) is 0 Å². The molecule has 0 aromatic rings. The lowest BCUT2D eigenvalue weighted by molar-refractivity contribution is -0.122. The van der Waals surface area contributed by atoms with E-state index in [2.05, 4.69) is 5.32 Å². The van der Waals surface area contributed by atoms with Gasteiger partial charge in [-0.2, -0.15) is 0 Å². The molecule has 1 aliphatic heterocycles. The molecule has 1 aliphatic rings. The van der Waals surface area contributed by atoms with Crippen LogP contribution in [0.5, 0.6) is 0 Å². The van der Waals surface area contributed by atoms with E-state index in [0.29, 0.717) is 12.5 Å². The molecule has 1 rings (SSSR count). The molecule has 0 bridgehead atoms. The molecule has 1 unspecified atom stereocenters. The first kappa shape index (κ1) is 10.5. The summed E-state index contributed by atoms with van der Waals surface area (Å²) in [6.07, 6.45) is 2.26. The number of amides is 1. The number of nitrogens with one attached hydrogen (secondary N) is 1. The predicted molar refractivity (Wildman–Crippen MR) is 50.3 cm³/mol. The minimum Gasteiger partial charge on any atom is -0.381 e. The van der Waals surface area contributed by atoms with Gasteiger partial charge < -0.3 is 15.8 Å². The highest BCUT2D eigenvalue weighted by atomic mass is 16.5. The molecule has 1 saturated heterocycles. The van der Waals surface area contributed by atoms with E-state index in [0.717, 1.165) is 26.1 Å². The van der Waals surface area contributed by atoms with Crippen molar-refractivity contribution in [2.24, 2.45) is 5.73 Å². The summed E-state index contributed by atoms with van der Waals surface area (Å²) >= 11 is 0. The van der Waals surface area contributed by atoms with Gasteiger partial charge in [-0.15, -0.1) is 0 Å². The maximum Gasteiger partial charge on any atom is 0.221 e. The highest BCUT2D eigenvalue weighted by Gasteiger charge is 2.16. The minimum absolute atomic E-state index is 0.0557. The average molecular weight is 186 g/mol. The Morgan fingerprint density at radius 3 is 2.77 bits per heavy atom. The van der Waals surface area contributed by atoms with Gasteiger partial charge in [0.1, 0.15) is 0 Å². The van der Waals surface area contributed by atoms with Crippen molar-refractivity contribution in [1.82, 2.24) is 5.32 Å². The van der Waals surface area contributed by atoms with Crippen LogP contribution in [0.2, 0.25) is 0 Å². The molecule has 3 N–H and O–H groups in total. The van der Waals surface area contributed by atoms with E-state index >= 15 is 0 Å². The van der Waals surface area contributed by atoms with E-state index in [1.165, 1.54) is 0 Å². The van der Waals surface area contributed by atoms with Crippen LogP contribution in [0.15, 0.2) is 0 Å². The van der Waals surface area contributed by atoms with Crippen molar-refractivity contribution < 1.29 is 9.53 Å². The molecule has 0 aromatic heterocycles. The van der Waals surface area contributed by atoms with Crippen molar-refractivity contribution in [3.8, 4) is 0 Å². The molecule has 0 spiro atoms. The Bertz CT molecular complexity index is 165. The summed E-state index contributed by atoms with van der Waals surface area (Å²) in [7, 11) is 0. The Hall–Kier alpha value is -0.610. The van der Waals surface area contributed by atoms with Crippen LogP contribution in [-0.2, 0) is 9.53 Å². The smallest absolute Gasteiger partial charge is 0.221 e. The third kappa shape index (κ3) is 4.24. The molecule has 4 heteroatoms. The van der Waals surface area contributed by atoms with Gasteiger partial charge in [-0.25, -0.2) is 0 Å². The second-order valence-electron chi connectivity index (χ2n) is 3.64. The molecule has 1 heterocycles. The SMILES string of the molecule is CC(N)CC(=O)NC1CCOCC1. The normalized spacial score (nSPS) is 21.1. The maximum atomic E-state index is 11.3. The Morgan fingerprint density at radius 2 is 2.23 bits per heavy atom. The molecule has 0 aromatic carbocycles. The summed E-state index contributed by atoms with van der Waals surface area (Å²) in [4.78, 5) is 11.3. The molecule has 0 aliphatic carbocycles. The van der Waals surface area contributed by atoms with Crippen molar-refractivity contribution >= 4 is 5.91 Å². The van der Waals surface area contributed by atoms with Gasteiger partial charge in [0.2, 0.25) is 5.91 Å². The Morgan fingerprint density at radius 1 is 1.62 bits per heavy atom. The number of hydrogen-bond donors (Lipinski definition) is 2. The van der Waals surface area contributed by atoms with E-state index in [9.17, 15) is 4.79 Å². The van der Waals surface area contributed by atoms with Gasteiger partial charge in [-0.3, -0.25) is 4.79 Å². The van der Waals surface area contributed by atoms with Gasteiger partial charge >= 0.3 is 0 Å². The monoisotopic (exact) mass is 186 g/mol. The van der Waals surface area contributed by atoms with Gasteiger partial charge in [0, 0.05) is 31.7 Å². The second-order valence-corrected chi connectivity index (χ2v) is 3.64. The Kier molecular flexibility index (Phi) is 4.18. The van der Waals surface area contributed by atoms with Gasteiger partial charge in [0.05, 0.1) is 0 Å². The zero-order valence-corrected chi connectivity index (χ0v) is 8.08. The summed E-state index contributed by atoms with van der Waals surface area (Å²) in [5, 5.41) is 2.95. The Labute approximate surface area is 78.8 Å². The van der Waals surface area contributed by atoms with Crippen LogP contribution in [0, 0.1) is 0 Å². The molecule has 1 atom stereocenters. The third-order valence-electron chi connectivity index (χ3n) is 2.09. The first-order valence-corrected chi connectivity index (χ1v) is 4.81. The fourth-order valence-electron chi connectivity index (χ4n) is 1.42. The van der Waals surface area contributed by atoms with Crippen LogP contribution in [0.4, 0.5) is 0 Å². The first-order chi connectivity index (χ1) is 6.18. The predicted octanol–water partition coefficient (Wildman–Crippen LogP) is 0.0189. The molecule has 1 fully saturated rings.